The summed E-state index contributed by atoms with van der Waals surface area (Å²) in [7, 11) is 0. The number of fused-ring (bicyclic) bond motifs is 1. The van der Waals surface area contributed by atoms with Gasteiger partial charge in [0.05, 0.1) is 35.1 Å². The molecule has 1 aromatic heterocycles. The summed E-state index contributed by atoms with van der Waals surface area (Å²) in [5, 5.41) is 6.56. The second kappa shape index (κ2) is 11.3. The number of urea groups is 1. The molecule has 0 radical (unpaired) electrons. The summed E-state index contributed by atoms with van der Waals surface area (Å²) in [6.45, 7) is 4.84. The third kappa shape index (κ3) is 6.45. The number of anilines is 1. The number of hydrogen-bond donors (Lipinski definition) is 2. The number of halogens is 3. The highest BCUT2D eigenvalue weighted by molar-refractivity contribution is 7.22. The van der Waals surface area contributed by atoms with Gasteiger partial charge in [0.2, 0.25) is 0 Å². The lowest BCUT2D eigenvalue weighted by atomic mass is 10.1. The van der Waals surface area contributed by atoms with Crippen LogP contribution in [0.15, 0.2) is 30.3 Å². The Balaban J connectivity index is 1.28. The first kappa shape index (κ1) is 24.0. The lowest BCUT2D eigenvalue weighted by Gasteiger charge is -2.26. The van der Waals surface area contributed by atoms with Gasteiger partial charge in [-0.1, -0.05) is 34.5 Å². The Labute approximate surface area is 204 Å². The first-order valence-electron chi connectivity index (χ1n) is 10.5. The third-order valence-corrected chi connectivity index (χ3v) is 6.85. The first-order valence-corrected chi connectivity index (χ1v) is 12.1. The third-order valence-electron chi connectivity index (χ3n) is 5.16. The fourth-order valence-corrected chi connectivity index (χ4v) is 4.86. The average molecular weight is 513 g/mol. The van der Waals surface area contributed by atoms with E-state index in [1.54, 1.807) is 6.07 Å². The van der Waals surface area contributed by atoms with Crippen LogP contribution < -0.4 is 15.4 Å². The summed E-state index contributed by atoms with van der Waals surface area (Å²) < 4.78 is 25.6. The molecule has 1 saturated heterocycles. The Kier molecular flexibility index (Phi) is 8.21. The van der Waals surface area contributed by atoms with E-state index in [4.69, 9.17) is 32.7 Å². The van der Waals surface area contributed by atoms with Crippen LogP contribution >= 0.6 is 34.5 Å². The van der Waals surface area contributed by atoms with Crippen molar-refractivity contribution in [3.8, 4) is 5.75 Å². The highest BCUT2D eigenvalue weighted by Crippen LogP contribution is 2.30. The quantitative estimate of drug-likeness (QED) is 0.423. The van der Waals surface area contributed by atoms with E-state index in [-0.39, 0.29) is 17.7 Å². The van der Waals surface area contributed by atoms with Crippen molar-refractivity contribution in [1.29, 1.82) is 0 Å². The highest BCUT2D eigenvalue weighted by atomic mass is 35.5. The number of thiazole rings is 1. The summed E-state index contributed by atoms with van der Waals surface area (Å²) in [5.74, 6) is 0.128. The minimum absolute atomic E-state index is 0.0166. The summed E-state index contributed by atoms with van der Waals surface area (Å²) in [5.41, 5.74) is 1.27. The number of carbonyl (C=O) groups excluding carboxylic acids is 1. The maximum atomic E-state index is 13.7. The Morgan fingerprint density at radius 1 is 1.24 bits per heavy atom. The van der Waals surface area contributed by atoms with E-state index in [2.05, 4.69) is 20.5 Å². The largest absolute Gasteiger partial charge is 0.493 e. The second-order valence-electron chi connectivity index (χ2n) is 7.40. The van der Waals surface area contributed by atoms with E-state index in [9.17, 15) is 9.18 Å². The second-order valence-corrected chi connectivity index (χ2v) is 9.22. The number of morpholine rings is 1. The molecule has 0 aliphatic carbocycles. The zero-order chi connectivity index (χ0) is 23.2. The fraction of sp³-hybridized carbons (Fsp3) is 0.364. The molecule has 1 aliphatic rings. The number of nitrogens with one attached hydrogen (secondary N) is 2. The number of benzene rings is 2. The molecule has 33 heavy (non-hydrogen) atoms. The lowest BCUT2D eigenvalue weighted by Crippen LogP contribution is -2.42. The molecule has 2 aromatic carbocycles. The summed E-state index contributed by atoms with van der Waals surface area (Å²) in [6, 6.07) is 7.90. The van der Waals surface area contributed by atoms with Crippen molar-refractivity contribution in [3.05, 3.63) is 51.8 Å². The number of hydrogen-bond acceptors (Lipinski definition) is 6. The van der Waals surface area contributed by atoms with Gasteiger partial charge in [-0.15, -0.1) is 0 Å². The standard InChI is InChI=1S/C22H23Cl2FN4O3S/c23-16-2-3-17(25)20(24)15(16)5-10-32-14-1-4-18-19(13-14)33-22(27-18)28-21(30)26-6-7-29-8-11-31-12-9-29/h1-4,13H,5-12H2,(H2,26,27,28,30). The summed E-state index contributed by atoms with van der Waals surface area (Å²) >= 11 is 13.5. The molecule has 3 aromatic rings. The Hall–Kier alpha value is -2.17. The van der Waals surface area contributed by atoms with Crippen molar-refractivity contribution in [2.75, 3.05) is 51.3 Å². The van der Waals surface area contributed by atoms with E-state index in [0.29, 0.717) is 34.4 Å². The Bertz CT molecular complexity index is 1120. The van der Waals surface area contributed by atoms with Gasteiger partial charge >= 0.3 is 6.03 Å². The molecule has 2 amide bonds. The normalized spacial score (nSPS) is 14.4. The van der Waals surface area contributed by atoms with Gasteiger partial charge < -0.3 is 14.8 Å². The molecule has 7 nitrogen and oxygen atoms in total. The zero-order valence-corrected chi connectivity index (χ0v) is 20.0. The molecule has 2 N–H and O–H groups in total. The van der Waals surface area contributed by atoms with Gasteiger partial charge in [-0.05, 0) is 35.9 Å². The van der Waals surface area contributed by atoms with Crippen LogP contribution in [-0.2, 0) is 11.2 Å². The van der Waals surface area contributed by atoms with Crippen LogP contribution in [0.3, 0.4) is 0 Å². The van der Waals surface area contributed by atoms with E-state index in [0.717, 1.165) is 43.1 Å². The number of nitrogens with zero attached hydrogens (tertiary/aromatic N) is 2. The van der Waals surface area contributed by atoms with Gasteiger partial charge in [0.1, 0.15) is 11.6 Å². The molecule has 0 bridgehead atoms. The van der Waals surface area contributed by atoms with Crippen LogP contribution in [0.2, 0.25) is 10.0 Å². The molecule has 11 heteroatoms. The summed E-state index contributed by atoms with van der Waals surface area (Å²) in [4.78, 5) is 18.9. The molecule has 0 saturated carbocycles. The van der Waals surface area contributed by atoms with Crippen molar-refractivity contribution in [2.45, 2.75) is 6.42 Å². The highest BCUT2D eigenvalue weighted by Gasteiger charge is 2.13. The van der Waals surface area contributed by atoms with E-state index < -0.39 is 5.82 Å². The average Bonchev–Trinajstić information content (AvgIpc) is 3.21. The van der Waals surface area contributed by atoms with Crippen LogP contribution in [0, 0.1) is 5.82 Å². The number of ether oxygens (including phenoxy) is 2. The number of amides is 2. The zero-order valence-electron chi connectivity index (χ0n) is 17.7. The predicted octanol–water partition coefficient (Wildman–Crippen LogP) is 4.82. The van der Waals surface area contributed by atoms with Crippen molar-refractivity contribution in [1.82, 2.24) is 15.2 Å². The van der Waals surface area contributed by atoms with Gasteiger partial charge in [0, 0.05) is 37.6 Å². The molecule has 0 atom stereocenters. The molecule has 0 spiro atoms. The van der Waals surface area contributed by atoms with E-state index in [1.165, 1.54) is 23.5 Å². The summed E-state index contributed by atoms with van der Waals surface area (Å²) in [6.07, 6.45) is 0.369. The minimum Gasteiger partial charge on any atom is -0.493 e. The van der Waals surface area contributed by atoms with Crippen LogP contribution in [0.1, 0.15) is 5.56 Å². The Morgan fingerprint density at radius 2 is 2.06 bits per heavy atom. The molecule has 1 fully saturated rings. The SMILES string of the molecule is O=C(NCCN1CCOCC1)Nc1nc2ccc(OCCc3c(Cl)ccc(F)c3Cl)cc2s1. The predicted molar refractivity (Wildman–Crippen MR) is 130 cm³/mol. The van der Waals surface area contributed by atoms with Crippen LogP contribution in [0.4, 0.5) is 14.3 Å². The molecule has 1 aliphatic heterocycles. The number of rotatable bonds is 8. The number of aromatic nitrogens is 1. The fourth-order valence-electron chi connectivity index (χ4n) is 3.41. The van der Waals surface area contributed by atoms with E-state index >= 15 is 0 Å². The van der Waals surface area contributed by atoms with Crippen molar-refractivity contribution in [2.24, 2.45) is 0 Å². The molecule has 0 unspecified atom stereocenters. The maximum absolute atomic E-state index is 13.7. The Morgan fingerprint density at radius 3 is 2.88 bits per heavy atom. The minimum atomic E-state index is -0.507. The maximum Gasteiger partial charge on any atom is 0.321 e. The van der Waals surface area contributed by atoms with Gasteiger partial charge in [0.25, 0.3) is 0 Å². The molecular weight excluding hydrogens is 490 g/mol. The van der Waals surface area contributed by atoms with Gasteiger partial charge in [-0.25, -0.2) is 14.2 Å². The van der Waals surface area contributed by atoms with Crippen molar-refractivity contribution >= 4 is 55.9 Å². The molecule has 176 valence electrons. The smallest absolute Gasteiger partial charge is 0.321 e. The molecular formula is C22H23Cl2FN4O3S. The number of carbonyl (C=O) groups is 1. The van der Waals surface area contributed by atoms with Gasteiger partial charge in [-0.3, -0.25) is 10.2 Å². The molecule has 4 rings (SSSR count). The van der Waals surface area contributed by atoms with Crippen LogP contribution in [-0.4, -0.2) is 61.9 Å². The first-order chi connectivity index (χ1) is 16.0. The van der Waals surface area contributed by atoms with Crippen molar-refractivity contribution < 1.29 is 18.7 Å². The van der Waals surface area contributed by atoms with Crippen LogP contribution in [0.5, 0.6) is 5.75 Å². The van der Waals surface area contributed by atoms with Crippen LogP contribution in [0.25, 0.3) is 10.2 Å². The topological polar surface area (TPSA) is 75.7 Å². The van der Waals surface area contributed by atoms with Gasteiger partial charge in [0.15, 0.2) is 5.13 Å². The lowest BCUT2D eigenvalue weighted by molar-refractivity contribution is 0.0388. The monoisotopic (exact) mass is 512 g/mol. The molecule has 2 heterocycles. The van der Waals surface area contributed by atoms with Gasteiger partial charge in [-0.2, -0.15) is 0 Å². The van der Waals surface area contributed by atoms with Crippen molar-refractivity contribution in [3.63, 3.8) is 0 Å². The van der Waals surface area contributed by atoms with E-state index in [1.807, 2.05) is 12.1 Å².